The van der Waals surface area contributed by atoms with Crippen LogP contribution in [0.2, 0.25) is 0 Å². The molecular formula is C21H17NO3S. The highest BCUT2D eigenvalue weighted by molar-refractivity contribution is 7.22. The second-order valence-corrected chi connectivity index (χ2v) is 7.27. The van der Waals surface area contributed by atoms with Crippen molar-refractivity contribution in [2.24, 2.45) is 0 Å². The molecular weight excluding hydrogens is 346 g/mol. The van der Waals surface area contributed by atoms with Gasteiger partial charge in [0.25, 0.3) is 0 Å². The lowest BCUT2D eigenvalue weighted by molar-refractivity contribution is 0.0698. The quantitative estimate of drug-likeness (QED) is 0.526. The molecule has 0 bridgehead atoms. The summed E-state index contributed by atoms with van der Waals surface area (Å²) in [6.45, 7) is 3.99. The van der Waals surface area contributed by atoms with Gasteiger partial charge in [0.1, 0.15) is 5.75 Å². The van der Waals surface area contributed by atoms with Gasteiger partial charge in [0.05, 0.1) is 34.1 Å². The normalized spacial score (nSPS) is 11.2. The lowest BCUT2D eigenvalue weighted by atomic mass is 10.0. The lowest BCUT2D eigenvalue weighted by Crippen LogP contribution is -2.02. The Balaban J connectivity index is 2.09. The molecule has 26 heavy (non-hydrogen) atoms. The van der Waals surface area contributed by atoms with Crippen molar-refractivity contribution in [3.05, 3.63) is 59.2 Å². The molecule has 0 unspecified atom stereocenters. The highest BCUT2D eigenvalue weighted by Gasteiger charge is 2.20. The van der Waals surface area contributed by atoms with E-state index >= 15 is 0 Å². The van der Waals surface area contributed by atoms with E-state index < -0.39 is 5.97 Å². The van der Waals surface area contributed by atoms with Crippen molar-refractivity contribution in [1.82, 2.24) is 4.98 Å². The number of benzene rings is 2. The molecule has 1 N–H and O–H groups in total. The van der Waals surface area contributed by atoms with Crippen LogP contribution in [0.3, 0.4) is 0 Å². The van der Waals surface area contributed by atoms with Crippen molar-refractivity contribution in [3.8, 4) is 16.3 Å². The second kappa shape index (κ2) is 6.11. The Bertz CT molecular complexity index is 1180. The molecule has 4 aromatic rings. The zero-order valence-electron chi connectivity index (χ0n) is 14.7. The molecule has 4 rings (SSSR count). The predicted octanol–water partition coefficient (Wildman–Crippen LogP) is 5.44. The molecule has 2 aromatic heterocycles. The number of aromatic nitrogens is 1. The van der Waals surface area contributed by atoms with E-state index in [1.807, 2.05) is 25.1 Å². The molecule has 0 amide bonds. The van der Waals surface area contributed by atoms with Gasteiger partial charge in [-0.3, -0.25) is 0 Å². The van der Waals surface area contributed by atoms with Crippen molar-refractivity contribution in [2.45, 2.75) is 13.8 Å². The number of pyridine rings is 1. The van der Waals surface area contributed by atoms with Crippen molar-refractivity contribution in [3.63, 3.8) is 0 Å². The maximum Gasteiger partial charge on any atom is 0.336 e. The van der Waals surface area contributed by atoms with Gasteiger partial charge < -0.3 is 9.84 Å². The Morgan fingerprint density at radius 3 is 2.62 bits per heavy atom. The van der Waals surface area contributed by atoms with Crippen LogP contribution in [0.4, 0.5) is 0 Å². The molecule has 0 saturated carbocycles. The Kier molecular flexibility index (Phi) is 3.89. The van der Waals surface area contributed by atoms with Gasteiger partial charge in [-0.25, -0.2) is 9.78 Å². The number of methoxy groups -OCH3 is 1. The van der Waals surface area contributed by atoms with E-state index in [1.54, 1.807) is 30.6 Å². The maximum atomic E-state index is 12.0. The van der Waals surface area contributed by atoms with Crippen LogP contribution < -0.4 is 4.74 Å². The average molecular weight is 363 g/mol. The summed E-state index contributed by atoms with van der Waals surface area (Å²) in [5.41, 5.74) is 3.60. The summed E-state index contributed by atoms with van der Waals surface area (Å²) in [6.07, 6.45) is 0. The van der Waals surface area contributed by atoms with Crippen molar-refractivity contribution in [2.75, 3.05) is 7.11 Å². The van der Waals surface area contributed by atoms with Crippen LogP contribution >= 0.6 is 11.3 Å². The summed E-state index contributed by atoms with van der Waals surface area (Å²) in [7, 11) is 1.54. The third kappa shape index (κ3) is 2.44. The van der Waals surface area contributed by atoms with E-state index in [0.717, 1.165) is 16.0 Å². The summed E-state index contributed by atoms with van der Waals surface area (Å²) in [4.78, 5) is 17.8. The van der Waals surface area contributed by atoms with Gasteiger partial charge in [0.15, 0.2) is 0 Å². The second-order valence-electron chi connectivity index (χ2n) is 6.22. The third-order valence-corrected chi connectivity index (χ3v) is 5.95. The molecule has 0 saturated heterocycles. The predicted molar refractivity (Wildman–Crippen MR) is 106 cm³/mol. The Labute approximate surface area is 154 Å². The van der Waals surface area contributed by atoms with Crippen LogP contribution in [-0.2, 0) is 0 Å². The van der Waals surface area contributed by atoms with Crippen molar-refractivity contribution >= 4 is 38.3 Å². The minimum atomic E-state index is -0.985. The van der Waals surface area contributed by atoms with E-state index in [4.69, 9.17) is 9.72 Å². The first-order chi connectivity index (χ1) is 12.5. The van der Waals surface area contributed by atoms with E-state index in [0.29, 0.717) is 22.3 Å². The van der Waals surface area contributed by atoms with Gasteiger partial charge in [-0.15, -0.1) is 11.3 Å². The van der Waals surface area contributed by atoms with Crippen LogP contribution in [0.5, 0.6) is 5.75 Å². The van der Waals surface area contributed by atoms with E-state index in [2.05, 4.69) is 19.1 Å². The van der Waals surface area contributed by atoms with E-state index in [9.17, 15) is 9.90 Å². The summed E-state index contributed by atoms with van der Waals surface area (Å²) < 4.78 is 6.56. The zero-order valence-corrected chi connectivity index (χ0v) is 15.5. The van der Waals surface area contributed by atoms with Gasteiger partial charge in [0, 0.05) is 4.70 Å². The molecule has 130 valence electrons. The van der Waals surface area contributed by atoms with Gasteiger partial charge in [0.2, 0.25) is 0 Å². The topological polar surface area (TPSA) is 59.4 Å². The standard InChI is InChI=1S/C21H17NO3S/c1-11-8-9-16(25-3)18-14(21(23)24)10-15(22-19(11)18)20-12(2)13-6-4-5-7-17(13)26-20/h4-10H,1-3H3,(H,23,24). The maximum absolute atomic E-state index is 12.0. The smallest absolute Gasteiger partial charge is 0.336 e. The molecule has 4 nitrogen and oxygen atoms in total. The first-order valence-corrected chi connectivity index (χ1v) is 9.03. The number of fused-ring (bicyclic) bond motifs is 2. The molecule has 0 fully saturated rings. The highest BCUT2D eigenvalue weighted by atomic mass is 32.1. The monoisotopic (exact) mass is 363 g/mol. The molecule has 0 atom stereocenters. The largest absolute Gasteiger partial charge is 0.496 e. The van der Waals surface area contributed by atoms with E-state index in [1.165, 1.54) is 10.1 Å². The number of aryl methyl sites for hydroxylation is 2. The minimum absolute atomic E-state index is 0.211. The third-order valence-electron chi connectivity index (χ3n) is 4.65. The number of carboxylic acid groups (broad SMARTS) is 1. The molecule has 0 aliphatic heterocycles. The van der Waals surface area contributed by atoms with Gasteiger partial charge in [-0.1, -0.05) is 24.3 Å². The summed E-state index contributed by atoms with van der Waals surface area (Å²) in [6, 6.07) is 13.5. The number of carboxylic acids is 1. The first kappa shape index (κ1) is 16.5. The number of thiophene rings is 1. The summed E-state index contributed by atoms with van der Waals surface area (Å²) in [5, 5.41) is 11.5. The van der Waals surface area contributed by atoms with Crippen LogP contribution in [0.25, 0.3) is 31.6 Å². The number of nitrogens with zero attached hydrogens (tertiary/aromatic N) is 1. The number of ether oxygens (including phenoxy) is 1. The van der Waals surface area contributed by atoms with Gasteiger partial charge in [-0.05, 0) is 48.6 Å². The van der Waals surface area contributed by atoms with Gasteiger partial charge >= 0.3 is 5.97 Å². The number of carbonyl (C=O) groups is 1. The molecule has 0 spiro atoms. The lowest BCUT2D eigenvalue weighted by Gasteiger charge is -2.12. The summed E-state index contributed by atoms with van der Waals surface area (Å²) in [5.74, 6) is -0.462. The fraction of sp³-hybridized carbons (Fsp3) is 0.143. The van der Waals surface area contributed by atoms with Crippen LogP contribution in [0, 0.1) is 13.8 Å². The fourth-order valence-corrected chi connectivity index (χ4v) is 4.49. The number of hydrogen-bond donors (Lipinski definition) is 1. The molecule has 2 aromatic carbocycles. The number of hydrogen-bond acceptors (Lipinski definition) is 4. The van der Waals surface area contributed by atoms with Crippen molar-refractivity contribution in [1.29, 1.82) is 0 Å². The molecule has 5 heteroatoms. The van der Waals surface area contributed by atoms with Gasteiger partial charge in [-0.2, -0.15) is 0 Å². The highest BCUT2D eigenvalue weighted by Crippen LogP contribution is 2.40. The first-order valence-electron chi connectivity index (χ1n) is 8.21. The molecule has 0 aliphatic rings. The van der Waals surface area contributed by atoms with Crippen LogP contribution in [0.15, 0.2) is 42.5 Å². The SMILES string of the molecule is COc1ccc(C)c2nc(-c3sc4ccccc4c3C)cc(C(=O)O)c12. The van der Waals surface area contributed by atoms with Crippen molar-refractivity contribution < 1.29 is 14.6 Å². The fourth-order valence-electron chi connectivity index (χ4n) is 3.32. The Morgan fingerprint density at radius 1 is 1.15 bits per heavy atom. The summed E-state index contributed by atoms with van der Waals surface area (Å²) >= 11 is 1.64. The molecule has 0 radical (unpaired) electrons. The minimum Gasteiger partial charge on any atom is -0.496 e. The molecule has 2 heterocycles. The average Bonchev–Trinajstić information content (AvgIpc) is 2.98. The Morgan fingerprint density at radius 2 is 1.92 bits per heavy atom. The Hall–Kier alpha value is -2.92. The van der Waals surface area contributed by atoms with Crippen LogP contribution in [-0.4, -0.2) is 23.2 Å². The zero-order chi connectivity index (χ0) is 18.4. The van der Waals surface area contributed by atoms with E-state index in [-0.39, 0.29) is 5.56 Å². The van der Waals surface area contributed by atoms with Crippen LogP contribution in [0.1, 0.15) is 21.5 Å². The number of aromatic carboxylic acids is 1. The number of rotatable bonds is 3. The molecule has 0 aliphatic carbocycles.